The molecular formula is C15H24N2O. The van der Waals surface area contributed by atoms with Crippen LogP contribution in [0.2, 0.25) is 0 Å². The molecule has 0 amide bonds. The van der Waals surface area contributed by atoms with Gasteiger partial charge < -0.3 is 10.0 Å². The molecule has 1 aliphatic heterocycles. The van der Waals surface area contributed by atoms with E-state index in [-0.39, 0.29) is 0 Å². The molecule has 3 nitrogen and oxygen atoms in total. The Morgan fingerprint density at radius 2 is 2.00 bits per heavy atom. The van der Waals surface area contributed by atoms with Crippen molar-refractivity contribution >= 4 is 5.69 Å². The van der Waals surface area contributed by atoms with Gasteiger partial charge in [0.25, 0.3) is 0 Å². The van der Waals surface area contributed by atoms with Crippen LogP contribution < -0.4 is 4.90 Å². The summed E-state index contributed by atoms with van der Waals surface area (Å²) in [7, 11) is 4.12. The van der Waals surface area contributed by atoms with E-state index in [1.165, 1.54) is 17.7 Å². The Kier molecular flexibility index (Phi) is 4.61. The zero-order valence-corrected chi connectivity index (χ0v) is 11.5. The van der Waals surface area contributed by atoms with Gasteiger partial charge in [0.2, 0.25) is 0 Å². The fraction of sp³-hybridized carbons (Fsp3) is 0.600. The molecule has 0 bridgehead atoms. The summed E-state index contributed by atoms with van der Waals surface area (Å²) in [6.07, 6.45) is 3.45. The lowest BCUT2D eigenvalue weighted by atomic mass is 10.1. The third kappa shape index (κ3) is 3.24. The Bertz CT molecular complexity index is 361. The van der Waals surface area contributed by atoms with Crippen molar-refractivity contribution in [3.8, 4) is 0 Å². The highest BCUT2D eigenvalue weighted by atomic mass is 16.3. The van der Waals surface area contributed by atoms with Gasteiger partial charge >= 0.3 is 0 Å². The highest BCUT2D eigenvalue weighted by Crippen LogP contribution is 2.18. The minimum absolute atomic E-state index is 0.305. The Balaban J connectivity index is 1.86. The summed E-state index contributed by atoms with van der Waals surface area (Å²) < 4.78 is 0. The van der Waals surface area contributed by atoms with Crippen LogP contribution in [0.15, 0.2) is 24.3 Å². The quantitative estimate of drug-likeness (QED) is 0.860. The third-order valence-electron chi connectivity index (χ3n) is 3.85. The van der Waals surface area contributed by atoms with Crippen molar-refractivity contribution in [3.05, 3.63) is 29.8 Å². The van der Waals surface area contributed by atoms with E-state index in [1.54, 1.807) is 0 Å². The molecular weight excluding hydrogens is 224 g/mol. The van der Waals surface area contributed by atoms with Crippen LogP contribution in [0.3, 0.4) is 0 Å². The molecule has 0 unspecified atom stereocenters. The van der Waals surface area contributed by atoms with Crippen LogP contribution >= 0.6 is 0 Å². The second-order valence-electron chi connectivity index (χ2n) is 5.33. The average molecular weight is 248 g/mol. The van der Waals surface area contributed by atoms with Gasteiger partial charge in [-0.15, -0.1) is 0 Å². The summed E-state index contributed by atoms with van der Waals surface area (Å²) in [6, 6.07) is 9.15. The van der Waals surface area contributed by atoms with Crippen LogP contribution in [0.25, 0.3) is 0 Å². The van der Waals surface area contributed by atoms with Gasteiger partial charge in [0.15, 0.2) is 0 Å². The number of anilines is 1. The summed E-state index contributed by atoms with van der Waals surface area (Å²) in [6.45, 7) is 2.51. The fourth-order valence-corrected chi connectivity index (χ4v) is 2.63. The molecule has 1 atom stereocenters. The SMILES string of the molecule is CN(C)c1ccc(CCN2CCC[C@@H]2CO)cc1. The molecule has 0 radical (unpaired) electrons. The largest absolute Gasteiger partial charge is 0.395 e. The molecule has 0 saturated carbocycles. The van der Waals surface area contributed by atoms with Crippen molar-refractivity contribution in [2.45, 2.75) is 25.3 Å². The van der Waals surface area contributed by atoms with E-state index in [1.807, 2.05) is 0 Å². The summed E-state index contributed by atoms with van der Waals surface area (Å²) in [5.41, 5.74) is 2.62. The second kappa shape index (κ2) is 6.21. The Hall–Kier alpha value is -1.06. The Morgan fingerprint density at radius 1 is 1.28 bits per heavy atom. The molecule has 0 aromatic heterocycles. The first-order valence-electron chi connectivity index (χ1n) is 6.82. The normalized spacial score (nSPS) is 20.3. The van der Waals surface area contributed by atoms with Crippen LogP contribution in [-0.4, -0.2) is 49.8 Å². The molecule has 1 aliphatic rings. The predicted octanol–water partition coefficient (Wildman–Crippen LogP) is 1.75. The van der Waals surface area contributed by atoms with Gasteiger partial charge in [-0.1, -0.05) is 12.1 Å². The maximum atomic E-state index is 9.28. The first-order chi connectivity index (χ1) is 8.70. The van der Waals surface area contributed by atoms with E-state index in [9.17, 15) is 5.11 Å². The summed E-state index contributed by atoms with van der Waals surface area (Å²) >= 11 is 0. The third-order valence-corrected chi connectivity index (χ3v) is 3.85. The molecule has 1 N–H and O–H groups in total. The lowest BCUT2D eigenvalue weighted by Gasteiger charge is -2.22. The van der Waals surface area contributed by atoms with Gasteiger partial charge in [-0.2, -0.15) is 0 Å². The van der Waals surface area contributed by atoms with Crippen LogP contribution in [0.4, 0.5) is 5.69 Å². The van der Waals surface area contributed by atoms with Crippen molar-refractivity contribution in [2.75, 3.05) is 38.7 Å². The van der Waals surface area contributed by atoms with Crippen LogP contribution in [0.5, 0.6) is 0 Å². The molecule has 1 fully saturated rings. The average Bonchev–Trinajstić information content (AvgIpc) is 2.84. The maximum absolute atomic E-state index is 9.28. The molecule has 0 spiro atoms. The van der Waals surface area contributed by atoms with Gasteiger partial charge in [0, 0.05) is 32.4 Å². The monoisotopic (exact) mass is 248 g/mol. The number of nitrogens with zero attached hydrogens (tertiary/aromatic N) is 2. The van der Waals surface area contributed by atoms with Crippen molar-refractivity contribution in [2.24, 2.45) is 0 Å². The Morgan fingerprint density at radius 3 is 2.61 bits per heavy atom. The zero-order valence-electron chi connectivity index (χ0n) is 11.5. The number of likely N-dealkylation sites (tertiary alicyclic amines) is 1. The Labute approximate surface area is 110 Å². The maximum Gasteiger partial charge on any atom is 0.0586 e. The number of aliphatic hydroxyl groups is 1. The van der Waals surface area contributed by atoms with E-state index in [0.717, 1.165) is 25.9 Å². The van der Waals surface area contributed by atoms with E-state index in [4.69, 9.17) is 0 Å². The molecule has 0 aliphatic carbocycles. The molecule has 1 saturated heterocycles. The van der Waals surface area contributed by atoms with Gasteiger partial charge in [-0.25, -0.2) is 0 Å². The molecule has 18 heavy (non-hydrogen) atoms. The fourth-order valence-electron chi connectivity index (χ4n) is 2.63. The lowest BCUT2D eigenvalue weighted by molar-refractivity contribution is 0.160. The number of rotatable bonds is 5. The molecule has 100 valence electrons. The molecule has 3 heteroatoms. The van der Waals surface area contributed by atoms with Crippen molar-refractivity contribution < 1.29 is 5.11 Å². The van der Waals surface area contributed by atoms with Gasteiger partial charge in [-0.05, 0) is 43.5 Å². The van der Waals surface area contributed by atoms with E-state index < -0.39 is 0 Å². The van der Waals surface area contributed by atoms with Gasteiger partial charge in [-0.3, -0.25) is 4.90 Å². The highest BCUT2D eigenvalue weighted by Gasteiger charge is 2.22. The number of hydrogen-bond donors (Lipinski definition) is 1. The minimum Gasteiger partial charge on any atom is -0.395 e. The van der Waals surface area contributed by atoms with E-state index in [0.29, 0.717) is 12.6 Å². The first kappa shape index (κ1) is 13.4. The van der Waals surface area contributed by atoms with Crippen LogP contribution in [0, 0.1) is 0 Å². The van der Waals surface area contributed by atoms with Crippen molar-refractivity contribution in [1.29, 1.82) is 0 Å². The van der Waals surface area contributed by atoms with Crippen molar-refractivity contribution in [3.63, 3.8) is 0 Å². The lowest BCUT2D eigenvalue weighted by Crippen LogP contribution is -2.33. The van der Waals surface area contributed by atoms with Crippen LogP contribution in [0.1, 0.15) is 18.4 Å². The summed E-state index contributed by atoms with van der Waals surface area (Å²) in [5.74, 6) is 0. The predicted molar refractivity (Wildman–Crippen MR) is 76.2 cm³/mol. The van der Waals surface area contributed by atoms with E-state index >= 15 is 0 Å². The standard InChI is InChI=1S/C15H24N2O/c1-16(2)14-7-5-13(6-8-14)9-11-17-10-3-4-15(17)12-18/h5-8,15,18H,3-4,9-12H2,1-2H3/t15-/m1/s1. The molecule has 2 rings (SSSR count). The topological polar surface area (TPSA) is 26.7 Å². The number of hydrogen-bond acceptors (Lipinski definition) is 3. The number of aliphatic hydroxyl groups excluding tert-OH is 1. The summed E-state index contributed by atoms with van der Waals surface area (Å²) in [5, 5.41) is 9.28. The first-order valence-corrected chi connectivity index (χ1v) is 6.82. The highest BCUT2D eigenvalue weighted by molar-refractivity contribution is 5.46. The van der Waals surface area contributed by atoms with Gasteiger partial charge in [0.1, 0.15) is 0 Å². The zero-order chi connectivity index (χ0) is 13.0. The molecule has 1 aromatic rings. The van der Waals surface area contributed by atoms with Crippen LogP contribution in [-0.2, 0) is 6.42 Å². The van der Waals surface area contributed by atoms with E-state index in [2.05, 4.69) is 48.2 Å². The van der Waals surface area contributed by atoms with Gasteiger partial charge in [0.05, 0.1) is 6.61 Å². The molecule has 1 aromatic carbocycles. The summed E-state index contributed by atoms with van der Waals surface area (Å²) in [4.78, 5) is 4.53. The second-order valence-corrected chi connectivity index (χ2v) is 5.33. The smallest absolute Gasteiger partial charge is 0.0586 e. The minimum atomic E-state index is 0.305. The number of benzene rings is 1. The van der Waals surface area contributed by atoms with Crippen molar-refractivity contribution in [1.82, 2.24) is 4.90 Å². The molecule has 1 heterocycles.